The van der Waals surface area contributed by atoms with Gasteiger partial charge in [0.15, 0.2) is 0 Å². The molecule has 21 heavy (non-hydrogen) atoms. The molecule has 0 saturated carbocycles. The van der Waals surface area contributed by atoms with Gasteiger partial charge in [0.1, 0.15) is 6.17 Å². The van der Waals surface area contributed by atoms with Gasteiger partial charge < -0.3 is 9.80 Å². The molecule has 1 amide bonds. The molecule has 0 bridgehead atoms. The van der Waals surface area contributed by atoms with Gasteiger partial charge in [-0.15, -0.1) is 0 Å². The van der Waals surface area contributed by atoms with Gasteiger partial charge in [0.25, 0.3) is 0 Å². The number of amides is 1. The first-order chi connectivity index (χ1) is 10.1. The average molecular weight is 287 g/mol. The molecule has 0 spiro atoms. The normalized spacial score (nSPS) is 27.4. The Bertz CT molecular complexity index is 543. The first kappa shape index (κ1) is 14.5. The topological polar surface area (TPSA) is 35.6 Å². The number of piperidine rings is 1. The molecule has 1 aromatic carbocycles. The lowest BCUT2D eigenvalue weighted by Gasteiger charge is -2.39. The Morgan fingerprint density at radius 1 is 1.29 bits per heavy atom. The van der Waals surface area contributed by atoms with E-state index in [1.807, 2.05) is 0 Å². The summed E-state index contributed by atoms with van der Waals surface area (Å²) in [4.78, 5) is 16.8. The SMILES string of the molecule is Cc1ccc(C2NCC(=O)N2C2CCCN(C)C2)c(C)c1. The maximum absolute atomic E-state index is 12.4. The van der Waals surface area contributed by atoms with E-state index in [1.165, 1.54) is 23.1 Å². The summed E-state index contributed by atoms with van der Waals surface area (Å²) in [6.07, 6.45) is 2.32. The van der Waals surface area contributed by atoms with Crippen molar-refractivity contribution >= 4 is 5.91 Å². The number of hydrogen-bond donors (Lipinski definition) is 1. The van der Waals surface area contributed by atoms with Crippen LogP contribution in [0.3, 0.4) is 0 Å². The number of carbonyl (C=O) groups is 1. The highest BCUT2D eigenvalue weighted by Gasteiger charge is 2.38. The molecule has 0 radical (unpaired) electrons. The van der Waals surface area contributed by atoms with Crippen LogP contribution in [0.1, 0.15) is 35.7 Å². The van der Waals surface area contributed by atoms with Crippen molar-refractivity contribution in [3.63, 3.8) is 0 Å². The number of nitrogens with zero attached hydrogens (tertiary/aromatic N) is 2. The van der Waals surface area contributed by atoms with E-state index in [0.29, 0.717) is 12.6 Å². The zero-order chi connectivity index (χ0) is 15.0. The molecule has 2 unspecified atom stereocenters. The van der Waals surface area contributed by atoms with Gasteiger partial charge >= 0.3 is 0 Å². The predicted molar refractivity (Wildman–Crippen MR) is 84.0 cm³/mol. The standard InChI is InChI=1S/C17H25N3O/c1-12-6-7-15(13(2)9-12)17-18-10-16(21)20(17)14-5-4-8-19(3)11-14/h6-7,9,14,17-18H,4-5,8,10-11H2,1-3H3. The lowest BCUT2D eigenvalue weighted by molar-refractivity contribution is -0.131. The molecule has 114 valence electrons. The molecule has 2 fully saturated rings. The molecule has 2 heterocycles. The molecule has 0 aromatic heterocycles. The number of carbonyl (C=O) groups excluding carboxylic acids is 1. The molecule has 3 rings (SSSR count). The molecule has 4 nitrogen and oxygen atoms in total. The van der Waals surface area contributed by atoms with Crippen molar-refractivity contribution in [3.05, 3.63) is 34.9 Å². The maximum Gasteiger partial charge on any atom is 0.238 e. The van der Waals surface area contributed by atoms with Gasteiger partial charge in [0, 0.05) is 12.6 Å². The summed E-state index contributed by atoms with van der Waals surface area (Å²) < 4.78 is 0. The molecular formula is C17H25N3O. The summed E-state index contributed by atoms with van der Waals surface area (Å²) in [5, 5.41) is 3.40. The Morgan fingerprint density at radius 2 is 2.10 bits per heavy atom. The summed E-state index contributed by atoms with van der Waals surface area (Å²) in [7, 11) is 2.15. The highest BCUT2D eigenvalue weighted by Crippen LogP contribution is 2.30. The van der Waals surface area contributed by atoms with Crippen molar-refractivity contribution in [1.82, 2.24) is 15.1 Å². The van der Waals surface area contributed by atoms with Crippen molar-refractivity contribution in [2.75, 3.05) is 26.7 Å². The lowest BCUT2D eigenvalue weighted by atomic mass is 9.99. The van der Waals surface area contributed by atoms with Gasteiger partial charge in [-0.25, -0.2) is 0 Å². The van der Waals surface area contributed by atoms with Gasteiger partial charge in [-0.2, -0.15) is 0 Å². The molecule has 2 atom stereocenters. The van der Waals surface area contributed by atoms with E-state index < -0.39 is 0 Å². The summed E-state index contributed by atoms with van der Waals surface area (Å²) >= 11 is 0. The van der Waals surface area contributed by atoms with Crippen LogP contribution in [0, 0.1) is 13.8 Å². The molecule has 2 aliphatic heterocycles. The molecule has 2 aliphatic rings. The summed E-state index contributed by atoms with van der Waals surface area (Å²) in [6.45, 7) is 6.82. The van der Waals surface area contributed by atoms with Crippen molar-refractivity contribution in [1.29, 1.82) is 0 Å². The highest BCUT2D eigenvalue weighted by molar-refractivity contribution is 5.81. The van der Waals surface area contributed by atoms with E-state index in [9.17, 15) is 4.79 Å². The average Bonchev–Trinajstić information content (AvgIpc) is 2.80. The number of benzene rings is 1. The summed E-state index contributed by atoms with van der Waals surface area (Å²) in [5.74, 6) is 0.236. The van der Waals surface area contributed by atoms with Crippen molar-refractivity contribution in [2.24, 2.45) is 0 Å². The number of aryl methyl sites for hydroxylation is 2. The van der Waals surface area contributed by atoms with Gasteiger partial charge in [-0.3, -0.25) is 10.1 Å². The van der Waals surface area contributed by atoms with Crippen molar-refractivity contribution in [2.45, 2.75) is 38.9 Å². The number of hydrogen-bond acceptors (Lipinski definition) is 3. The molecule has 0 aliphatic carbocycles. The van der Waals surface area contributed by atoms with Crippen LogP contribution in [-0.4, -0.2) is 48.4 Å². The van der Waals surface area contributed by atoms with Crippen LogP contribution in [0.4, 0.5) is 0 Å². The fraction of sp³-hybridized carbons (Fsp3) is 0.588. The van der Waals surface area contributed by atoms with Crippen LogP contribution in [0.5, 0.6) is 0 Å². The minimum Gasteiger partial charge on any atom is -0.318 e. The van der Waals surface area contributed by atoms with Gasteiger partial charge in [-0.05, 0) is 51.4 Å². The third-order valence-corrected chi connectivity index (χ3v) is 4.73. The first-order valence-corrected chi connectivity index (χ1v) is 7.86. The van der Waals surface area contributed by atoms with Crippen molar-refractivity contribution in [3.8, 4) is 0 Å². The van der Waals surface area contributed by atoms with Gasteiger partial charge in [0.05, 0.1) is 6.54 Å². The first-order valence-electron chi connectivity index (χ1n) is 7.86. The Balaban J connectivity index is 1.88. The Labute approximate surface area is 127 Å². The third-order valence-electron chi connectivity index (χ3n) is 4.73. The predicted octanol–water partition coefficient (Wildman–Crippen LogP) is 1.83. The summed E-state index contributed by atoms with van der Waals surface area (Å²) in [5.41, 5.74) is 3.76. The zero-order valence-electron chi connectivity index (χ0n) is 13.2. The van der Waals surface area contributed by atoms with Crippen LogP contribution in [0.25, 0.3) is 0 Å². The molecule has 4 heteroatoms. The molecule has 1 aromatic rings. The van der Waals surface area contributed by atoms with Crippen LogP contribution in [-0.2, 0) is 4.79 Å². The van der Waals surface area contributed by atoms with Gasteiger partial charge in [-0.1, -0.05) is 23.8 Å². The second kappa shape index (κ2) is 5.78. The quantitative estimate of drug-likeness (QED) is 0.901. The Kier molecular flexibility index (Phi) is 4.00. The van der Waals surface area contributed by atoms with E-state index in [1.54, 1.807) is 0 Å². The van der Waals surface area contributed by atoms with Gasteiger partial charge in [0.2, 0.25) is 5.91 Å². The second-order valence-electron chi connectivity index (χ2n) is 6.50. The Hall–Kier alpha value is -1.39. The number of likely N-dealkylation sites (tertiary alicyclic amines) is 1. The van der Waals surface area contributed by atoms with Crippen LogP contribution < -0.4 is 5.32 Å². The largest absolute Gasteiger partial charge is 0.318 e. The summed E-state index contributed by atoms with van der Waals surface area (Å²) in [6, 6.07) is 6.83. The molecule has 2 saturated heterocycles. The minimum absolute atomic E-state index is 0.0367. The van der Waals surface area contributed by atoms with Crippen LogP contribution >= 0.6 is 0 Å². The third kappa shape index (κ3) is 2.83. The highest BCUT2D eigenvalue weighted by atomic mass is 16.2. The Morgan fingerprint density at radius 3 is 2.81 bits per heavy atom. The number of rotatable bonds is 2. The monoisotopic (exact) mass is 287 g/mol. The van der Waals surface area contributed by atoms with E-state index in [0.717, 1.165) is 19.5 Å². The van der Waals surface area contributed by atoms with Crippen molar-refractivity contribution < 1.29 is 4.79 Å². The lowest BCUT2D eigenvalue weighted by Crippen LogP contribution is -2.48. The maximum atomic E-state index is 12.4. The fourth-order valence-corrected chi connectivity index (χ4v) is 3.69. The van der Waals surface area contributed by atoms with Crippen LogP contribution in [0.2, 0.25) is 0 Å². The smallest absolute Gasteiger partial charge is 0.238 e. The van der Waals surface area contributed by atoms with Crippen LogP contribution in [0.15, 0.2) is 18.2 Å². The number of nitrogens with one attached hydrogen (secondary N) is 1. The molecule has 1 N–H and O–H groups in total. The van der Waals surface area contributed by atoms with E-state index >= 15 is 0 Å². The second-order valence-corrected chi connectivity index (χ2v) is 6.50. The zero-order valence-corrected chi connectivity index (χ0v) is 13.2. The minimum atomic E-state index is 0.0367. The molecular weight excluding hydrogens is 262 g/mol. The number of likely N-dealkylation sites (N-methyl/N-ethyl adjacent to an activating group) is 1. The fourth-order valence-electron chi connectivity index (χ4n) is 3.69. The van der Waals surface area contributed by atoms with E-state index in [-0.39, 0.29) is 12.1 Å². The van der Waals surface area contributed by atoms with E-state index in [4.69, 9.17) is 0 Å². The van der Waals surface area contributed by atoms with E-state index in [2.05, 4.69) is 54.2 Å².